The third-order valence-corrected chi connectivity index (χ3v) is 5.50. The number of benzene rings is 3. The van der Waals surface area contributed by atoms with Crippen LogP contribution in [0.4, 0.5) is 0 Å². The molecule has 5 aromatic rings. The summed E-state index contributed by atoms with van der Waals surface area (Å²) >= 11 is 0. The first-order valence-electron chi connectivity index (χ1n) is 9.44. The largest absolute Gasteiger partial charge is 0.237 e. The van der Waals surface area contributed by atoms with Gasteiger partial charge in [0.2, 0.25) is 0 Å². The Morgan fingerprint density at radius 2 is 0.964 bits per heavy atom. The Morgan fingerprint density at radius 1 is 0.464 bits per heavy atom. The van der Waals surface area contributed by atoms with Crippen LogP contribution in [-0.2, 0) is 0 Å². The molecule has 0 fully saturated rings. The highest BCUT2D eigenvalue weighted by molar-refractivity contribution is 6.03. The first kappa shape index (κ1) is 15.3. The highest BCUT2D eigenvalue weighted by atomic mass is 14.8. The van der Waals surface area contributed by atoms with Gasteiger partial charge in [-0.15, -0.1) is 0 Å². The number of nitrogens with zero attached hydrogens (tertiary/aromatic N) is 2. The van der Waals surface area contributed by atoms with Gasteiger partial charge in [-0.25, -0.2) is 9.97 Å². The summed E-state index contributed by atoms with van der Waals surface area (Å²) < 4.78 is 0. The van der Waals surface area contributed by atoms with E-state index in [1.54, 1.807) is 6.20 Å². The second-order valence-electron chi connectivity index (χ2n) is 7.07. The molecule has 0 aliphatic heterocycles. The fourth-order valence-corrected chi connectivity index (χ4v) is 4.25. The highest BCUT2D eigenvalue weighted by Crippen LogP contribution is 2.47. The Bertz CT molecular complexity index is 1260. The molecule has 1 aliphatic rings. The molecule has 2 heterocycles. The fraction of sp³-hybridized carbons (Fsp3) is 0. The van der Waals surface area contributed by atoms with E-state index in [9.17, 15) is 0 Å². The maximum Gasteiger partial charge on any atom is 0.159 e. The smallest absolute Gasteiger partial charge is 0.159 e. The summed E-state index contributed by atoms with van der Waals surface area (Å²) in [6.07, 6.45) is 1.81. The van der Waals surface area contributed by atoms with E-state index < -0.39 is 0 Å². The van der Waals surface area contributed by atoms with Crippen LogP contribution < -0.4 is 0 Å². The lowest BCUT2D eigenvalue weighted by Crippen LogP contribution is -1.99. The number of fused-ring (bicyclic) bond motifs is 9. The quantitative estimate of drug-likeness (QED) is 0.306. The number of hydrogen-bond donors (Lipinski definition) is 0. The molecule has 6 rings (SSSR count). The molecular formula is C26H16N2. The van der Waals surface area contributed by atoms with Crippen molar-refractivity contribution in [2.24, 2.45) is 0 Å². The van der Waals surface area contributed by atoms with Crippen molar-refractivity contribution in [2.45, 2.75) is 0 Å². The Hall–Kier alpha value is -3.78. The zero-order valence-corrected chi connectivity index (χ0v) is 15.1. The third kappa shape index (κ3) is 2.15. The van der Waals surface area contributed by atoms with Crippen molar-refractivity contribution < 1.29 is 0 Å². The van der Waals surface area contributed by atoms with Crippen molar-refractivity contribution in [1.29, 1.82) is 0 Å². The van der Waals surface area contributed by atoms with Crippen LogP contribution in [-0.4, -0.2) is 9.97 Å². The molecular weight excluding hydrogens is 340 g/mol. The third-order valence-electron chi connectivity index (χ3n) is 5.50. The molecule has 0 saturated heterocycles. The average molecular weight is 356 g/mol. The van der Waals surface area contributed by atoms with Crippen molar-refractivity contribution in [3.63, 3.8) is 0 Å². The van der Waals surface area contributed by atoms with E-state index in [4.69, 9.17) is 4.98 Å². The Labute approximate surface area is 163 Å². The maximum atomic E-state index is 5.02. The predicted molar refractivity (Wildman–Crippen MR) is 115 cm³/mol. The van der Waals surface area contributed by atoms with Crippen LogP contribution in [0.25, 0.3) is 55.7 Å². The minimum absolute atomic E-state index is 0.780. The van der Waals surface area contributed by atoms with E-state index in [0.717, 1.165) is 27.9 Å². The standard InChI is InChI=1S/C26H16N2/c1-2-10-19-18(9-1)20-11-3-4-13-22(20)24-16-17-8-7-15-27-26(17)28-25(24)23-14-6-5-12-21(19)23/h1-16H. The predicted octanol–water partition coefficient (Wildman–Crippen LogP) is 6.61. The van der Waals surface area contributed by atoms with Crippen LogP contribution in [0.3, 0.4) is 0 Å². The van der Waals surface area contributed by atoms with Gasteiger partial charge < -0.3 is 0 Å². The molecule has 0 amide bonds. The first-order chi connectivity index (χ1) is 13.9. The van der Waals surface area contributed by atoms with Crippen LogP contribution in [0.1, 0.15) is 0 Å². The summed E-state index contributed by atoms with van der Waals surface area (Å²) in [6.45, 7) is 0. The van der Waals surface area contributed by atoms with Gasteiger partial charge >= 0.3 is 0 Å². The zero-order valence-electron chi connectivity index (χ0n) is 15.1. The molecule has 2 heteroatoms. The van der Waals surface area contributed by atoms with E-state index >= 15 is 0 Å². The summed E-state index contributed by atoms with van der Waals surface area (Å²) in [5.74, 6) is 0. The van der Waals surface area contributed by atoms with Crippen molar-refractivity contribution in [3.8, 4) is 44.6 Å². The van der Waals surface area contributed by atoms with Gasteiger partial charge in [-0.2, -0.15) is 0 Å². The normalized spacial score (nSPS) is 11.6. The van der Waals surface area contributed by atoms with Crippen LogP contribution in [0, 0.1) is 0 Å². The second kappa shape index (κ2) is 5.86. The Morgan fingerprint density at radius 3 is 1.57 bits per heavy atom. The van der Waals surface area contributed by atoms with Crippen molar-refractivity contribution in [1.82, 2.24) is 9.97 Å². The highest BCUT2D eigenvalue weighted by Gasteiger charge is 2.22. The topological polar surface area (TPSA) is 25.8 Å². The van der Waals surface area contributed by atoms with Gasteiger partial charge in [0.25, 0.3) is 0 Å². The number of pyridine rings is 2. The molecule has 0 unspecified atom stereocenters. The van der Waals surface area contributed by atoms with Crippen molar-refractivity contribution in [2.75, 3.05) is 0 Å². The van der Waals surface area contributed by atoms with E-state index in [1.165, 1.54) is 27.8 Å². The summed E-state index contributed by atoms with van der Waals surface area (Å²) in [4.78, 5) is 9.52. The number of aromatic nitrogens is 2. The van der Waals surface area contributed by atoms with Gasteiger partial charge in [0, 0.05) is 22.7 Å². The van der Waals surface area contributed by atoms with Crippen molar-refractivity contribution in [3.05, 3.63) is 97.2 Å². The number of rotatable bonds is 0. The average Bonchev–Trinajstić information content (AvgIpc) is 2.77. The molecule has 0 spiro atoms. The Balaban J connectivity index is 1.85. The van der Waals surface area contributed by atoms with E-state index in [-0.39, 0.29) is 0 Å². The maximum absolute atomic E-state index is 5.02. The van der Waals surface area contributed by atoms with E-state index in [0.29, 0.717) is 0 Å². The molecule has 130 valence electrons. The molecule has 1 aliphatic carbocycles. The molecule has 28 heavy (non-hydrogen) atoms. The molecule has 2 nitrogen and oxygen atoms in total. The molecule has 0 N–H and O–H groups in total. The second-order valence-corrected chi connectivity index (χ2v) is 7.07. The van der Waals surface area contributed by atoms with E-state index in [1.807, 2.05) is 6.07 Å². The fourth-order valence-electron chi connectivity index (χ4n) is 4.25. The minimum atomic E-state index is 0.780. The van der Waals surface area contributed by atoms with Gasteiger partial charge in [-0.3, -0.25) is 0 Å². The van der Waals surface area contributed by atoms with Crippen LogP contribution >= 0.6 is 0 Å². The number of hydrogen-bond acceptors (Lipinski definition) is 2. The lowest BCUT2D eigenvalue weighted by molar-refractivity contribution is 1.29. The van der Waals surface area contributed by atoms with Crippen molar-refractivity contribution >= 4 is 11.0 Å². The summed E-state index contributed by atoms with van der Waals surface area (Å²) in [5, 5.41) is 1.06. The molecule has 0 saturated carbocycles. The van der Waals surface area contributed by atoms with Crippen LogP contribution in [0.2, 0.25) is 0 Å². The molecule has 0 atom stereocenters. The van der Waals surface area contributed by atoms with Gasteiger partial charge in [-0.05, 0) is 46.0 Å². The van der Waals surface area contributed by atoms with Gasteiger partial charge in [-0.1, -0.05) is 72.8 Å². The first-order valence-corrected chi connectivity index (χ1v) is 9.44. The zero-order chi connectivity index (χ0) is 18.5. The minimum Gasteiger partial charge on any atom is -0.237 e. The summed E-state index contributed by atoms with van der Waals surface area (Å²) in [7, 11) is 0. The molecule has 0 bridgehead atoms. The summed E-state index contributed by atoms with van der Waals surface area (Å²) in [6, 6.07) is 32.1. The lowest BCUT2D eigenvalue weighted by atomic mass is 9.82. The van der Waals surface area contributed by atoms with Gasteiger partial charge in [0.15, 0.2) is 5.65 Å². The van der Waals surface area contributed by atoms with E-state index in [2.05, 4.69) is 89.9 Å². The molecule has 3 aromatic carbocycles. The lowest BCUT2D eigenvalue weighted by Gasteiger charge is -2.22. The van der Waals surface area contributed by atoms with Crippen LogP contribution in [0.5, 0.6) is 0 Å². The SMILES string of the molecule is c1ccc2c(c1)-c1ccccc1-c1cc3cccnc3nc1-c1ccccc1-2. The molecule has 0 radical (unpaired) electrons. The molecule has 2 aromatic heterocycles. The monoisotopic (exact) mass is 356 g/mol. The van der Waals surface area contributed by atoms with Crippen LogP contribution in [0.15, 0.2) is 97.2 Å². The Kier molecular flexibility index (Phi) is 3.20. The summed E-state index contributed by atoms with van der Waals surface area (Å²) in [5.41, 5.74) is 10.2. The van der Waals surface area contributed by atoms with Gasteiger partial charge in [0.05, 0.1) is 5.69 Å². The van der Waals surface area contributed by atoms with Gasteiger partial charge in [0.1, 0.15) is 0 Å².